The van der Waals surface area contributed by atoms with E-state index in [1.54, 1.807) is 36.6 Å². The maximum atomic E-state index is 13.4. The van der Waals surface area contributed by atoms with Crippen LogP contribution >= 0.6 is 23.2 Å². The van der Waals surface area contributed by atoms with Crippen LogP contribution in [0.3, 0.4) is 0 Å². The van der Waals surface area contributed by atoms with Gasteiger partial charge in [0, 0.05) is 0 Å². The van der Waals surface area contributed by atoms with Crippen molar-refractivity contribution in [2.75, 3.05) is 0 Å². The molecule has 0 saturated carbocycles. The van der Waals surface area contributed by atoms with Gasteiger partial charge in [0.05, 0.1) is 33.3 Å². The van der Waals surface area contributed by atoms with Gasteiger partial charge in [-0.25, -0.2) is 9.37 Å². The maximum absolute atomic E-state index is 13.4. The quantitative estimate of drug-likeness (QED) is 0.473. The van der Waals surface area contributed by atoms with E-state index in [9.17, 15) is 14.3 Å². The smallest absolute Gasteiger partial charge is 0.275 e. The number of halogens is 3. The number of phenols is 1. The molecule has 2 aromatic heterocycles. The van der Waals surface area contributed by atoms with Crippen molar-refractivity contribution in [3.05, 3.63) is 74.0 Å². The lowest BCUT2D eigenvalue weighted by molar-refractivity contribution is 0.475. The molecule has 2 heterocycles. The topological polar surface area (TPSA) is 70.9 Å². The number of rotatable bonds is 2. The van der Waals surface area contributed by atoms with Crippen LogP contribution in [0.25, 0.3) is 28.0 Å². The first kappa shape index (κ1) is 18.5. The number of nitrogens with one attached hydrogen (secondary N) is 1. The molecule has 8 heteroatoms. The summed E-state index contributed by atoms with van der Waals surface area (Å²) in [6.07, 6.45) is 1.32. The van der Waals surface area contributed by atoms with E-state index in [1.165, 1.54) is 18.5 Å². The zero-order chi connectivity index (χ0) is 20.2. The van der Waals surface area contributed by atoms with Crippen LogP contribution in [0.2, 0.25) is 10.0 Å². The van der Waals surface area contributed by atoms with Crippen molar-refractivity contribution in [2.24, 2.45) is 0 Å². The number of hydrogen-bond donors (Lipinski definition) is 2. The van der Waals surface area contributed by atoms with E-state index >= 15 is 0 Å². The Morgan fingerprint density at radius 3 is 2.32 bits per heavy atom. The average molecular weight is 418 g/mol. The van der Waals surface area contributed by atoms with Crippen LogP contribution in [0.15, 0.2) is 41.5 Å². The number of H-pyrrole nitrogens is 1. The molecule has 0 unspecified atom stereocenters. The van der Waals surface area contributed by atoms with Gasteiger partial charge in [-0.05, 0) is 60.9 Å². The van der Waals surface area contributed by atoms with Gasteiger partial charge in [0.1, 0.15) is 11.3 Å². The molecule has 0 aliphatic rings. The third kappa shape index (κ3) is 2.68. The number of hydrogen-bond acceptors (Lipinski definition) is 3. The van der Waals surface area contributed by atoms with Crippen LogP contribution in [-0.4, -0.2) is 19.6 Å². The maximum Gasteiger partial charge on any atom is 0.275 e. The van der Waals surface area contributed by atoms with E-state index in [4.69, 9.17) is 23.2 Å². The van der Waals surface area contributed by atoms with Crippen LogP contribution in [0, 0.1) is 19.7 Å². The van der Waals surface area contributed by atoms with E-state index in [1.807, 2.05) is 0 Å². The van der Waals surface area contributed by atoms with Crippen molar-refractivity contribution in [3.63, 3.8) is 0 Å². The number of aromatic nitrogens is 3. The van der Waals surface area contributed by atoms with E-state index in [0.717, 1.165) is 0 Å². The number of aromatic amines is 1. The molecule has 0 saturated heterocycles. The zero-order valence-corrected chi connectivity index (χ0v) is 16.4. The fourth-order valence-electron chi connectivity index (χ4n) is 3.38. The molecule has 0 aliphatic carbocycles. The summed E-state index contributed by atoms with van der Waals surface area (Å²) in [6.45, 7) is 3.46. The first-order valence-electron chi connectivity index (χ1n) is 8.33. The minimum absolute atomic E-state index is 0.0952. The van der Waals surface area contributed by atoms with Gasteiger partial charge in [0.15, 0.2) is 5.75 Å². The van der Waals surface area contributed by atoms with Gasteiger partial charge in [-0.1, -0.05) is 23.2 Å². The van der Waals surface area contributed by atoms with Crippen LogP contribution in [0.4, 0.5) is 4.39 Å². The Morgan fingerprint density at radius 2 is 1.71 bits per heavy atom. The Kier molecular flexibility index (Phi) is 4.40. The highest BCUT2D eigenvalue weighted by Gasteiger charge is 2.23. The summed E-state index contributed by atoms with van der Waals surface area (Å²) in [5, 5.41) is 10.4. The molecule has 142 valence electrons. The van der Waals surface area contributed by atoms with Gasteiger partial charge in [0.2, 0.25) is 0 Å². The molecule has 4 rings (SSSR count). The molecular formula is C20H14Cl2FN3O2. The largest absolute Gasteiger partial charge is 0.505 e. The first-order chi connectivity index (χ1) is 13.3. The highest BCUT2D eigenvalue weighted by Crippen LogP contribution is 2.43. The van der Waals surface area contributed by atoms with Gasteiger partial charge in [0.25, 0.3) is 5.56 Å². The molecule has 0 bridgehead atoms. The van der Waals surface area contributed by atoms with Crippen LogP contribution in [0.1, 0.15) is 11.1 Å². The minimum Gasteiger partial charge on any atom is -0.505 e. The SMILES string of the molecule is Cc1c(Cl)c(O)c(Cl)c(C)c1-n1c(-c2ccc(F)cc2)cc2nc[nH]c(=O)c21. The molecule has 0 atom stereocenters. The van der Waals surface area contributed by atoms with Crippen molar-refractivity contribution in [1.29, 1.82) is 0 Å². The molecular weight excluding hydrogens is 404 g/mol. The summed E-state index contributed by atoms with van der Waals surface area (Å²) < 4.78 is 15.1. The fraction of sp³-hybridized carbons (Fsp3) is 0.100. The monoisotopic (exact) mass is 417 g/mol. The van der Waals surface area contributed by atoms with Crippen molar-refractivity contribution in [1.82, 2.24) is 14.5 Å². The highest BCUT2D eigenvalue weighted by molar-refractivity contribution is 6.38. The molecule has 2 aromatic carbocycles. The molecule has 0 radical (unpaired) electrons. The molecule has 0 aliphatic heterocycles. The van der Waals surface area contributed by atoms with Gasteiger partial charge in [-0.2, -0.15) is 0 Å². The second-order valence-corrected chi connectivity index (χ2v) is 7.17. The molecule has 2 N–H and O–H groups in total. The number of phenolic OH excluding ortho intramolecular Hbond substituents is 1. The highest BCUT2D eigenvalue weighted by atomic mass is 35.5. The Labute approximate surface area is 169 Å². The number of benzene rings is 2. The molecule has 0 spiro atoms. The van der Waals surface area contributed by atoms with Crippen molar-refractivity contribution in [3.8, 4) is 22.7 Å². The minimum atomic E-state index is -0.370. The Bertz CT molecular complexity index is 1260. The van der Waals surface area contributed by atoms with E-state index in [2.05, 4.69) is 9.97 Å². The first-order valence-corrected chi connectivity index (χ1v) is 9.09. The summed E-state index contributed by atoms with van der Waals surface area (Å²) in [6, 6.07) is 7.65. The Balaban J connectivity index is 2.20. The zero-order valence-electron chi connectivity index (χ0n) is 14.8. The normalized spacial score (nSPS) is 11.3. The van der Waals surface area contributed by atoms with Crippen LogP contribution in [-0.2, 0) is 0 Å². The second-order valence-electron chi connectivity index (χ2n) is 6.41. The Morgan fingerprint density at radius 1 is 1.11 bits per heavy atom. The summed E-state index contributed by atoms with van der Waals surface area (Å²) in [7, 11) is 0. The van der Waals surface area contributed by atoms with E-state index in [-0.39, 0.29) is 27.2 Å². The summed E-state index contributed by atoms with van der Waals surface area (Å²) >= 11 is 12.6. The summed E-state index contributed by atoms with van der Waals surface area (Å²) in [5.41, 5.74) is 3.35. The summed E-state index contributed by atoms with van der Waals surface area (Å²) in [4.78, 5) is 19.5. The molecule has 4 aromatic rings. The van der Waals surface area contributed by atoms with Crippen LogP contribution in [0.5, 0.6) is 5.75 Å². The second kappa shape index (κ2) is 6.65. The molecule has 5 nitrogen and oxygen atoms in total. The average Bonchev–Trinajstić information content (AvgIpc) is 3.06. The third-order valence-corrected chi connectivity index (χ3v) is 5.67. The lowest BCUT2D eigenvalue weighted by atomic mass is 10.1. The molecule has 28 heavy (non-hydrogen) atoms. The number of aromatic hydroxyl groups is 1. The molecule has 0 fully saturated rings. The van der Waals surface area contributed by atoms with Gasteiger partial charge in [-0.3, -0.25) is 4.79 Å². The lowest BCUT2D eigenvalue weighted by Crippen LogP contribution is -2.13. The van der Waals surface area contributed by atoms with Gasteiger partial charge < -0.3 is 14.7 Å². The Hall–Kier alpha value is -2.83. The fourth-order valence-corrected chi connectivity index (χ4v) is 3.80. The van der Waals surface area contributed by atoms with E-state index < -0.39 is 0 Å². The third-order valence-electron chi connectivity index (χ3n) is 4.74. The van der Waals surface area contributed by atoms with Gasteiger partial charge in [-0.15, -0.1) is 0 Å². The van der Waals surface area contributed by atoms with E-state index in [0.29, 0.717) is 39.1 Å². The van der Waals surface area contributed by atoms with Crippen LogP contribution < -0.4 is 5.56 Å². The van der Waals surface area contributed by atoms with Gasteiger partial charge >= 0.3 is 0 Å². The predicted molar refractivity (Wildman–Crippen MR) is 108 cm³/mol. The lowest BCUT2D eigenvalue weighted by Gasteiger charge is -2.19. The standard InChI is InChI=1S/C20H14Cl2FN3O2/c1-9-15(21)19(27)16(22)10(2)17(9)26-14(11-3-5-12(23)6-4-11)7-13-18(26)20(28)25-8-24-13/h3-8,27H,1-2H3,(H,24,25,28). The van der Waals surface area contributed by atoms with Crippen molar-refractivity contribution >= 4 is 34.2 Å². The molecule has 0 amide bonds. The number of nitrogens with zero attached hydrogens (tertiary/aromatic N) is 2. The van der Waals surface area contributed by atoms with Crippen molar-refractivity contribution in [2.45, 2.75) is 13.8 Å². The summed E-state index contributed by atoms with van der Waals surface area (Å²) in [5.74, 6) is -0.584. The predicted octanol–water partition coefficient (Wildman–Crippen LogP) is 5.15. The number of fused-ring (bicyclic) bond motifs is 1. The van der Waals surface area contributed by atoms with Crippen molar-refractivity contribution < 1.29 is 9.50 Å².